The summed E-state index contributed by atoms with van der Waals surface area (Å²) >= 11 is 0. The molecule has 4 aliphatic rings. The van der Waals surface area contributed by atoms with E-state index >= 15 is 0 Å². The molecule has 0 heterocycles. The summed E-state index contributed by atoms with van der Waals surface area (Å²) in [6, 6.07) is 0. The Labute approximate surface area is 204 Å². The van der Waals surface area contributed by atoms with E-state index in [1.54, 1.807) is 6.92 Å². The summed E-state index contributed by atoms with van der Waals surface area (Å²) in [7, 11) is 0. The van der Waals surface area contributed by atoms with Crippen molar-refractivity contribution in [1.82, 2.24) is 0 Å². The molecule has 10 unspecified atom stereocenters. The Hall–Kier alpha value is -0.790. The monoisotopic (exact) mass is 456 g/mol. The van der Waals surface area contributed by atoms with Crippen LogP contribution in [0, 0.1) is 58.2 Å². The molecule has 0 spiro atoms. The molecule has 4 rings (SSSR count). The number of allylic oxidation sites excluding steroid dienone is 2. The number of fused-ring (bicyclic) bond motifs is 5. The van der Waals surface area contributed by atoms with Gasteiger partial charge in [0.25, 0.3) is 0 Å². The van der Waals surface area contributed by atoms with E-state index in [-0.39, 0.29) is 12.1 Å². The maximum Gasteiger partial charge on any atom is 0.302 e. The molecule has 10 atom stereocenters. The minimum absolute atomic E-state index is 0.107. The standard InChI is InChI=1S/C31H52O2/c1-19(2)20(3)9-10-21(4)25-13-14-27-24-11-12-26-22(5)29(33-23(6)32)16-18-31(26,8)28(24)15-17-30(25,27)7/h11,19-22,25-29H,9-10,12-18H2,1-8H3. The van der Waals surface area contributed by atoms with Crippen LogP contribution in [0.5, 0.6) is 0 Å². The zero-order valence-electron chi connectivity index (χ0n) is 23.0. The average Bonchev–Trinajstić information content (AvgIpc) is 3.11. The Kier molecular flexibility index (Phi) is 7.17. The highest BCUT2D eigenvalue weighted by Crippen LogP contribution is 2.67. The molecule has 33 heavy (non-hydrogen) atoms. The van der Waals surface area contributed by atoms with Gasteiger partial charge in [-0.2, -0.15) is 0 Å². The Bertz CT molecular complexity index is 752. The van der Waals surface area contributed by atoms with E-state index in [4.69, 9.17) is 4.74 Å². The molecule has 188 valence electrons. The summed E-state index contributed by atoms with van der Waals surface area (Å²) in [5.41, 5.74) is 2.75. The third-order valence-corrected chi connectivity index (χ3v) is 11.8. The molecule has 2 heteroatoms. The van der Waals surface area contributed by atoms with Gasteiger partial charge in [-0.1, -0.05) is 73.0 Å². The molecule has 2 nitrogen and oxygen atoms in total. The van der Waals surface area contributed by atoms with Crippen molar-refractivity contribution in [2.45, 2.75) is 119 Å². The van der Waals surface area contributed by atoms with Gasteiger partial charge in [0, 0.05) is 6.92 Å². The van der Waals surface area contributed by atoms with Gasteiger partial charge in [-0.3, -0.25) is 4.79 Å². The first-order valence-corrected chi connectivity index (χ1v) is 14.4. The topological polar surface area (TPSA) is 26.3 Å². The van der Waals surface area contributed by atoms with Crippen molar-refractivity contribution in [3.05, 3.63) is 11.6 Å². The SMILES string of the molecule is CC(=O)OC1CCC2(C)C3CCC4(C)C(CCC4C(C)CCC(C)C(C)C)C3=CCC2C1C. The van der Waals surface area contributed by atoms with Crippen molar-refractivity contribution < 1.29 is 9.53 Å². The van der Waals surface area contributed by atoms with Crippen LogP contribution in [-0.4, -0.2) is 12.1 Å². The van der Waals surface area contributed by atoms with Crippen molar-refractivity contribution in [1.29, 1.82) is 0 Å². The van der Waals surface area contributed by atoms with E-state index in [2.05, 4.69) is 54.5 Å². The first kappa shape index (κ1) is 25.3. The molecule has 0 aromatic heterocycles. The van der Waals surface area contributed by atoms with E-state index in [0.29, 0.717) is 22.7 Å². The van der Waals surface area contributed by atoms with Crippen LogP contribution < -0.4 is 0 Å². The van der Waals surface area contributed by atoms with E-state index in [1.807, 2.05) is 5.57 Å². The van der Waals surface area contributed by atoms with Gasteiger partial charge in [0.1, 0.15) is 6.10 Å². The lowest BCUT2D eigenvalue weighted by Gasteiger charge is -2.59. The number of ether oxygens (including phenoxy) is 1. The Morgan fingerprint density at radius 3 is 2.33 bits per heavy atom. The van der Waals surface area contributed by atoms with Crippen LogP contribution in [0.4, 0.5) is 0 Å². The van der Waals surface area contributed by atoms with E-state index in [9.17, 15) is 4.79 Å². The van der Waals surface area contributed by atoms with Gasteiger partial charge in [-0.15, -0.1) is 0 Å². The third-order valence-electron chi connectivity index (χ3n) is 11.8. The van der Waals surface area contributed by atoms with Gasteiger partial charge in [0.15, 0.2) is 0 Å². The maximum absolute atomic E-state index is 11.7. The molecule has 0 bridgehead atoms. The summed E-state index contributed by atoms with van der Waals surface area (Å²) in [6.45, 7) is 19.0. The van der Waals surface area contributed by atoms with E-state index in [0.717, 1.165) is 41.9 Å². The minimum Gasteiger partial charge on any atom is -0.462 e. The Balaban J connectivity index is 1.50. The number of esters is 1. The highest BCUT2D eigenvalue weighted by Gasteiger charge is 2.59. The molecule has 3 saturated carbocycles. The molecule has 0 saturated heterocycles. The van der Waals surface area contributed by atoms with Gasteiger partial charge in [-0.25, -0.2) is 0 Å². The summed E-state index contributed by atoms with van der Waals surface area (Å²) < 4.78 is 5.75. The molecule has 0 amide bonds. The van der Waals surface area contributed by atoms with Crippen LogP contribution in [0.2, 0.25) is 0 Å². The normalized spacial score (nSPS) is 44.3. The van der Waals surface area contributed by atoms with Gasteiger partial charge < -0.3 is 4.74 Å². The number of carbonyl (C=O) groups is 1. The van der Waals surface area contributed by atoms with Gasteiger partial charge >= 0.3 is 5.97 Å². The molecular formula is C31H52O2. The Morgan fingerprint density at radius 1 is 1.00 bits per heavy atom. The van der Waals surface area contributed by atoms with Crippen LogP contribution in [-0.2, 0) is 9.53 Å². The second kappa shape index (κ2) is 9.34. The molecule has 0 radical (unpaired) electrons. The number of hydrogen-bond donors (Lipinski definition) is 0. The number of rotatable bonds is 6. The molecule has 0 aliphatic heterocycles. The van der Waals surface area contributed by atoms with Crippen LogP contribution in [0.25, 0.3) is 0 Å². The number of hydrogen-bond acceptors (Lipinski definition) is 2. The molecule has 0 aromatic rings. The molecule has 0 aromatic carbocycles. The predicted octanol–water partition coefficient (Wildman–Crippen LogP) is 8.45. The van der Waals surface area contributed by atoms with E-state index in [1.165, 1.54) is 51.4 Å². The second-order valence-electron chi connectivity index (χ2n) is 13.7. The smallest absolute Gasteiger partial charge is 0.302 e. The first-order valence-electron chi connectivity index (χ1n) is 14.4. The minimum atomic E-state index is -0.107. The largest absolute Gasteiger partial charge is 0.462 e. The van der Waals surface area contributed by atoms with Gasteiger partial charge in [0.2, 0.25) is 0 Å². The summed E-state index contributed by atoms with van der Waals surface area (Å²) in [4.78, 5) is 11.7. The molecule has 0 N–H and O–H groups in total. The van der Waals surface area contributed by atoms with E-state index < -0.39 is 0 Å². The summed E-state index contributed by atoms with van der Waals surface area (Å²) in [6.07, 6.45) is 14.7. The fraction of sp³-hybridized carbons (Fsp3) is 0.903. The van der Waals surface area contributed by atoms with Crippen molar-refractivity contribution in [3.63, 3.8) is 0 Å². The van der Waals surface area contributed by atoms with Crippen LogP contribution in [0.1, 0.15) is 113 Å². The summed E-state index contributed by atoms with van der Waals surface area (Å²) in [5, 5.41) is 0. The van der Waals surface area contributed by atoms with Crippen molar-refractivity contribution in [2.24, 2.45) is 58.2 Å². The van der Waals surface area contributed by atoms with Crippen molar-refractivity contribution >= 4 is 5.97 Å². The Morgan fingerprint density at radius 2 is 1.67 bits per heavy atom. The van der Waals surface area contributed by atoms with Crippen molar-refractivity contribution in [2.75, 3.05) is 0 Å². The quantitative estimate of drug-likeness (QED) is 0.296. The van der Waals surface area contributed by atoms with Gasteiger partial charge in [0.05, 0.1) is 0 Å². The fourth-order valence-electron chi connectivity index (χ4n) is 9.35. The van der Waals surface area contributed by atoms with Crippen LogP contribution in [0.3, 0.4) is 0 Å². The third kappa shape index (κ3) is 4.35. The van der Waals surface area contributed by atoms with Gasteiger partial charge in [-0.05, 0) is 103 Å². The second-order valence-corrected chi connectivity index (χ2v) is 13.7. The average molecular weight is 457 g/mol. The lowest BCUT2D eigenvalue weighted by molar-refractivity contribution is -0.158. The molecular weight excluding hydrogens is 404 g/mol. The lowest BCUT2D eigenvalue weighted by atomic mass is 9.46. The highest BCUT2D eigenvalue weighted by molar-refractivity contribution is 5.66. The van der Waals surface area contributed by atoms with Crippen molar-refractivity contribution in [3.8, 4) is 0 Å². The highest BCUT2D eigenvalue weighted by atomic mass is 16.5. The summed E-state index contributed by atoms with van der Waals surface area (Å²) in [5.74, 6) is 5.98. The zero-order chi connectivity index (χ0) is 24.1. The fourth-order valence-corrected chi connectivity index (χ4v) is 9.35. The van der Waals surface area contributed by atoms with Crippen LogP contribution in [0.15, 0.2) is 11.6 Å². The molecule has 3 fully saturated rings. The first-order chi connectivity index (χ1) is 15.5. The predicted molar refractivity (Wildman–Crippen MR) is 138 cm³/mol. The number of carbonyl (C=O) groups excluding carboxylic acids is 1. The molecule has 4 aliphatic carbocycles. The lowest BCUT2D eigenvalue weighted by Crippen LogP contribution is -2.53. The van der Waals surface area contributed by atoms with Crippen LogP contribution >= 0.6 is 0 Å². The maximum atomic E-state index is 11.7. The zero-order valence-corrected chi connectivity index (χ0v) is 23.0.